The average Bonchev–Trinajstić information content (AvgIpc) is 2.35. The second-order valence-corrected chi connectivity index (χ2v) is 6.89. The number of nitrogens with one attached hydrogen (secondary N) is 1. The van der Waals surface area contributed by atoms with Crippen LogP contribution >= 0.6 is 27.7 Å². The SMILES string of the molecule is O=C(O)C1c2cc(Br)ccc2NC2CCSCC21. The highest BCUT2D eigenvalue weighted by Crippen LogP contribution is 2.44. The van der Waals surface area contributed by atoms with Gasteiger partial charge in [0.15, 0.2) is 0 Å². The Kier molecular flexibility index (Phi) is 3.28. The van der Waals surface area contributed by atoms with E-state index in [2.05, 4.69) is 21.2 Å². The first-order valence-corrected chi connectivity index (χ1v) is 7.98. The molecule has 0 aliphatic carbocycles. The molecule has 0 aromatic heterocycles. The molecule has 1 aromatic rings. The third-order valence-electron chi connectivity index (χ3n) is 3.78. The maximum atomic E-state index is 11.6. The molecule has 3 nitrogen and oxygen atoms in total. The minimum atomic E-state index is -0.701. The second-order valence-electron chi connectivity index (χ2n) is 4.83. The van der Waals surface area contributed by atoms with E-state index < -0.39 is 5.97 Å². The van der Waals surface area contributed by atoms with Gasteiger partial charge in [-0.1, -0.05) is 15.9 Å². The number of carbonyl (C=O) groups is 1. The Labute approximate surface area is 118 Å². The fourth-order valence-electron chi connectivity index (χ4n) is 2.94. The number of anilines is 1. The van der Waals surface area contributed by atoms with Gasteiger partial charge in [0.1, 0.15) is 0 Å². The third kappa shape index (κ3) is 2.03. The molecule has 2 heterocycles. The molecular formula is C13H14BrNO2S. The number of benzene rings is 1. The lowest BCUT2D eigenvalue weighted by Crippen LogP contribution is -2.44. The topological polar surface area (TPSA) is 49.3 Å². The molecule has 18 heavy (non-hydrogen) atoms. The van der Waals surface area contributed by atoms with Crippen LogP contribution in [0.25, 0.3) is 0 Å². The van der Waals surface area contributed by atoms with Gasteiger partial charge in [0.25, 0.3) is 0 Å². The van der Waals surface area contributed by atoms with Crippen molar-refractivity contribution in [1.29, 1.82) is 0 Å². The van der Waals surface area contributed by atoms with Crippen LogP contribution in [0.1, 0.15) is 17.9 Å². The van der Waals surface area contributed by atoms with Crippen molar-refractivity contribution in [2.24, 2.45) is 5.92 Å². The number of carboxylic acid groups (broad SMARTS) is 1. The standard InChI is InChI=1S/C13H14BrNO2S/c14-7-1-2-10-8(5-7)12(13(16)17)9-6-18-4-3-11(9)15-10/h1-2,5,9,11-12,15H,3-4,6H2,(H,16,17). The third-order valence-corrected chi connectivity index (χ3v) is 5.42. The van der Waals surface area contributed by atoms with E-state index in [0.717, 1.165) is 33.7 Å². The molecule has 96 valence electrons. The maximum Gasteiger partial charge on any atom is 0.311 e. The van der Waals surface area contributed by atoms with E-state index >= 15 is 0 Å². The lowest BCUT2D eigenvalue weighted by atomic mass is 9.77. The summed E-state index contributed by atoms with van der Waals surface area (Å²) in [5, 5.41) is 13.1. The largest absolute Gasteiger partial charge is 0.481 e. The van der Waals surface area contributed by atoms with E-state index in [1.54, 1.807) is 0 Å². The normalized spacial score (nSPS) is 29.9. The molecule has 5 heteroatoms. The summed E-state index contributed by atoms with van der Waals surface area (Å²) >= 11 is 5.29. The molecule has 0 saturated carbocycles. The van der Waals surface area contributed by atoms with Crippen molar-refractivity contribution < 1.29 is 9.90 Å². The van der Waals surface area contributed by atoms with Gasteiger partial charge in [0, 0.05) is 22.1 Å². The van der Waals surface area contributed by atoms with Gasteiger partial charge in [0.2, 0.25) is 0 Å². The van der Waals surface area contributed by atoms with Crippen LogP contribution in [0.2, 0.25) is 0 Å². The van der Waals surface area contributed by atoms with Crippen LogP contribution in [-0.4, -0.2) is 28.6 Å². The van der Waals surface area contributed by atoms with E-state index in [4.69, 9.17) is 0 Å². The monoisotopic (exact) mass is 327 g/mol. The van der Waals surface area contributed by atoms with E-state index in [1.807, 2.05) is 30.0 Å². The molecule has 2 aliphatic rings. The van der Waals surface area contributed by atoms with Crippen molar-refractivity contribution in [2.45, 2.75) is 18.4 Å². The zero-order valence-corrected chi connectivity index (χ0v) is 12.1. The molecule has 0 bridgehead atoms. The Hall–Kier alpha value is -0.680. The summed E-state index contributed by atoms with van der Waals surface area (Å²) in [6.07, 6.45) is 1.05. The zero-order chi connectivity index (χ0) is 12.7. The number of rotatable bonds is 1. The van der Waals surface area contributed by atoms with Crippen LogP contribution in [0.4, 0.5) is 5.69 Å². The van der Waals surface area contributed by atoms with Gasteiger partial charge in [-0.2, -0.15) is 11.8 Å². The Balaban J connectivity index is 2.07. The van der Waals surface area contributed by atoms with Crippen molar-refractivity contribution in [1.82, 2.24) is 0 Å². The van der Waals surface area contributed by atoms with Gasteiger partial charge in [0.05, 0.1) is 5.92 Å². The first-order chi connectivity index (χ1) is 8.66. The summed E-state index contributed by atoms with van der Waals surface area (Å²) in [6.45, 7) is 0. The molecule has 3 unspecified atom stereocenters. The Morgan fingerprint density at radius 1 is 1.50 bits per heavy atom. The molecule has 3 atom stereocenters. The molecule has 1 saturated heterocycles. The molecule has 0 spiro atoms. The Bertz CT molecular complexity index is 494. The van der Waals surface area contributed by atoms with Gasteiger partial charge < -0.3 is 10.4 Å². The molecule has 0 radical (unpaired) electrons. The van der Waals surface area contributed by atoms with Gasteiger partial charge in [-0.15, -0.1) is 0 Å². The number of fused-ring (bicyclic) bond motifs is 2. The summed E-state index contributed by atoms with van der Waals surface area (Å²) in [5.41, 5.74) is 1.90. The molecule has 1 fully saturated rings. The lowest BCUT2D eigenvalue weighted by molar-refractivity contribution is -0.140. The summed E-state index contributed by atoms with van der Waals surface area (Å²) in [6, 6.07) is 6.19. The van der Waals surface area contributed by atoms with Crippen LogP contribution < -0.4 is 5.32 Å². The molecule has 0 amide bonds. The van der Waals surface area contributed by atoms with E-state index in [-0.39, 0.29) is 11.8 Å². The summed E-state index contributed by atoms with van der Waals surface area (Å²) in [4.78, 5) is 11.6. The van der Waals surface area contributed by atoms with Crippen LogP contribution in [0, 0.1) is 5.92 Å². The van der Waals surface area contributed by atoms with Crippen LogP contribution in [0.3, 0.4) is 0 Å². The van der Waals surface area contributed by atoms with Crippen LogP contribution in [0.5, 0.6) is 0 Å². The van der Waals surface area contributed by atoms with Gasteiger partial charge in [-0.25, -0.2) is 0 Å². The van der Waals surface area contributed by atoms with Gasteiger partial charge in [-0.05, 0) is 41.7 Å². The van der Waals surface area contributed by atoms with Crippen molar-refractivity contribution in [3.63, 3.8) is 0 Å². The van der Waals surface area contributed by atoms with Crippen LogP contribution in [-0.2, 0) is 4.79 Å². The number of hydrogen-bond donors (Lipinski definition) is 2. The average molecular weight is 328 g/mol. The zero-order valence-electron chi connectivity index (χ0n) is 9.73. The lowest BCUT2D eigenvalue weighted by Gasteiger charge is -2.41. The van der Waals surface area contributed by atoms with E-state index in [1.165, 1.54) is 0 Å². The van der Waals surface area contributed by atoms with Crippen molar-refractivity contribution in [3.05, 3.63) is 28.2 Å². The molecule has 2 aliphatic heterocycles. The predicted molar refractivity (Wildman–Crippen MR) is 77.4 cm³/mol. The maximum absolute atomic E-state index is 11.6. The second kappa shape index (κ2) is 4.78. The number of halogens is 1. The van der Waals surface area contributed by atoms with Crippen molar-refractivity contribution in [3.8, 4) is 0 Å². The minimum Gasteiger partial charge on any atom is -0.481 e. The first kappa shape index (κ1) is 12.4. The number of hydrogen-bond acceptors (Lipinski definition) is 3. The number of thioether (sulfide) groups is 1. The fourth-order valence-corrected chi connectivity index (χ4v) is 4.60. The molecular weight excluding hydrogens is 314 g/mol. The Morgan fingerprint density at radius 2 is 2.33 bits per heavy atom. The molecule has 3 rings (SSSR count). The predicted octanol–water partition coefficient (Wildman–Crippen LogP) is 3.16. The Morgan fingerprint density at radius 3 is 3.11 bits per heavy atom. The highest BCUT2D eigenvalue weighted by atomic mass is 79.9. The number of aliphatic carboxylic acids is 1. The number of carboxylic acids is 1. The smallest absolute Gasteiger partial charge is 0.311 e. The summed E-state index contributed by atoms with van der Waals surface area (Å²) in [7, 11) is 0. The fraction of sp³-hybridized carbons (Fsp3) is 0.462. The highest BCUT2D eigenvalue weighted by Gasteiger charge is 2.42. The van der Waals surface area contributed by atoms with Crippen molar-refractivity contribution >= 4 is 39.3 Å². The van der Waals surface area contributed by atoms with Crippen LogP contribution in [0.15, 0.2) is 22.7 Å². The van der Waals surface area contributed by atoms with E-state index in [0.29, 0.717) is 6.04 Å². The highest BCUT2D eigenvalue weighted by molar-refractivity contribution is 9.10. The first-order valence-electron chi connectivity index (χ1n) is 6.03. The molecule has 2 N–H and O–H groups in total. The van der Waals surface area contributed by atoms with Crippen molar-refractivity contribution in [2.75, 3.05) is 16.8 Å². The summed E-state index contributed by atoms with van der Waals surface area (Å²) < 4.78 is 0.941. The quantitative estimate of drug-likeness (QED) is 0.831. The minimum absolute atomic E-state index is 0.197. The van der Waals surface area contributed by atoms with Gasteiger partial charge in [-0.3, -0.25) is 4.79 Å². The summed E-state index contributed by atoms with van der Waals surface area (Å²) in [5.74, 6) is 1.17. The molecule has 1 aromatic carbocycles. The van der Waals surface area contributed by atoms with Gasteiger partial charge >= 0.3 is 5.97 Å². The van der Waals surface area contributed by atoms with E-state index in [9.17, 15) is 9.90 Å².